The molecule has 1 aromatic rings. The van der Waals surface area contributed by atoms with Gasteiger partial charge in [0, 0.05) is 19.7 Å². The lowest BCUT2D eigenvalue weighted by atomic mass is 9.90. The molecule has 0 radical (unpaired) electrons. The number of hydrogen-bond acceptors (Lipinski definition) is 2. The Labute approximate surface area is 120 Å². The van der Waals surface area contributed by atoms with Crippen LogP contribution in [0, 0.1) is 11.8 Å². The summed E-state index contributed by atoms with van der Waals surface area (Å²) in [6, 6.07) is 10.2. The van der Waals surface area contributed by atoms with E-state index >= 15 is 0 Å². The van der Waals surface area contributed by atoms with Crippen LogP contribution in [0.25, 0.3) is 0 Å². The van der Waals surface area contributed by atoms with Gasteiger partial charge in [-0.1, -0.05) is 30.3 Å². The summed E-state index contributed by atoms with van der Waals surface area (Å²) in [6.07, 6.45) is 4.24. The average molecular weight is 273 g/mol. The molecule has 0 bridgehead atoms. The number of carbonyl (C=O) groups is 1. The van der Waals surface area contributed by atoms with Crippen molar-refractivity contribution in [1.29, 1.82) is 0 Å². The van der Waals surface area contributed by atoms with E-state index in [9.17, 15) is 9.90 Å². The lowest BCUT2D eigenvalue weighted by Crippen LogP contribution is -2.42. The molecule has 3 heteroatoms. The van der Waals surface area contributed by atoms with Crippen LogP contribution in [-0.2, 0) is 4.79 Å². The highest BCUT2D eigenvalue weighted by atomic mass is 16.3. The Hall–Kier alpha value is -1.35. The molecule has 108 valence electrons. The second-order valence-corrected chi connectivity index (χ2v) is 6.18. The summed E-state index contributed by atoms with van der Waals surface area (Å²) in [5.74, 6) is 1.28. The first kappa shape index (κ1) is 13.6. The number of rotatable bonds is 4. The quantitative estimate of drug-likeness (QED) is 0.915. The molecule has 2 fully saturated rings. The molecule has 1 aliphatic heterocycles. The Morgan fingerprint density at radius 3 is 2.35 bits per heavy atom. The minimum absolute atomic E-state index is 0.0573. The lowest BCUT2D eigenvalue weighted by Gasteiger charge is -2.34. The van der Waals surface area contributed by atoms with Crippen molar-refractivity contribution in [2.24, 2.45) is 11.8 Å². The predicted octanol–water partition coefficient (Wildman–Crippen LogP) is 2.41. The molecule has 2 aliphatic rings. The first-order valence-electron chi connectivity index (χ1n) is 7.74. The third kappa shape index (κ3) is 2.88. The van der Waals surface area contributed by atoms with Gasteiger partial charge in [0.1, 0.15) is 0 Å². The van der Waals surface area contributed by atoms with Gasteiger partial charge in [-0.3, -0.25) is 4.79 Å². The molecule has 1 saturated carbocycles. The normalized spacial score (nSPS) is 21.8. The van der Waals surface area contributed by atoms with Gasteiger partial charge in [-0.15, -0.1) is 0 Å². The zero-order valence-corrected chi connectivity index (χ0v) is 11.9. The highest BCUT2D eigenvalue weighted by Crippen LogP contribution is 2.43. The van der Waals surface area contributed by atoms with Crippen molar-refractivity contribution >= 4 is 5.91 Å². The van der Waals surface area contributed by atoms with Crippen LogP contribution in [-0.4, -0.2) is 35.6 Å². The summed E-state index contributed by atoms with van der Waals surface area (Å²) in [7, 11) is 0. The van der Waals surface area contributed by atoms with Crippen LogP contribution in [0.3, 0.4) is 0 Å². The van der Waals surface area contributed by atoms with Crippen LogP contribution in [0.5, 0.6) is 0 Å². The van der Waals surface area contributed by atoms with Gasteiger partial charge in [-0.05, 0) is 43.1 Å². The van der Waals surface area contributed by atoms with Crippen molar-refractivity contribution in [1.82, 2.24) is 4.90 Å². The first-order chi connectivity index (χ1) is 9.79. The predicted molar refractivity (Wildman–Crippen MR) is 78.3 cm³/mol. The maximum absolute atomic E-state index is 12.8. The van der Waals surface area contributed by atoms with Crippen LogP contribution in [0.15, 0.2) is 30.3 Å². The molecule has 3 rings (SSSR count). The SMILES string of the molecule is O=C(C(c1ccccc1)C1CC1)N1CCC(CO)CC1. The Balaban J connectivity index is 1.71. The maximum Gasteiger partial charge on any atom is 0.230 e. The van der Waals surface area contributed by atoms with Crippen LogP contribution in [0.1, 0.15) is 37.2 Å². The van der Waals surface area contributed by atoms with Gasteiger partial charge in [0.05, 0.1) is 5.92 Å². The Kier molecular flexibility index (Phi) is 4.06. The molecule has 1 heterocycles. The van der Waals surface area contributed by atoms with Gasteiger partial charge in [0.15, 0.2) is 0 Å². The molecule has 1 aromatic carbocycles. The molecular formula is C17H23NO2. The molecule has 1 N–H and O–H groups in total. The van der Waals surface area contributed by atoms with Gasteiger partial charge in [0.2, 0.25) is 5.91 Å². The number of benzene rings is 1. The van der Waals surface area contributed by atoms with Crippen LogP contribution >= 0.6 is 0 Å². The molecule has 1 aliphatic carbocycles. The fourth-order valence-electron chi connectivity index (χ4n) is 3.24. The number of piperidine rings is 1. The number of likely N-dealkylation sites (tertiary alicyclic amines) is 1. The Morgan fingerprint density at radius 2 is 1.80 bits per heavy atom. The number of amides is 1. The van der Waals surface area contributed by atoms with E-state index in [4.69, 9.17) is 0 Å². The van der Waals surface area contributed by atoms with E-state index < -0.39 is 0 Å². The minimum Gasteiger partial charge on any atom is -0.396 e. The summed E-state index contributed by atoms with van der Waals surface area (Å²) < 4.78 is 0. The summed E-state index contributed by atoms with van der Waals surface area (Å²) in [5, 5.41) is 9.20. The van der Waals surface area contributed by atoms with Crippen molar-refractivity contribution < 1.29 is 9.90 Å². The third-order valence-electron chi connectivity index (χ3n) is 4.70. The molecule has 3 nitrogen and oxygen atoms in total. The highest BCUT2D eigenvalue weighted by molar-refractivity contribution is 5.84. The topological polar surface area (TPSA) is 40.5 Å². The molecule has 0 aromatic heterocycles. The van der Waals surface area contributed by atoms with Gasteiger partial charge in [-0.25, -0.2) is 0 Å². The van der Waals surface area contributed by atoms with Crippen LogP contribution < -0.4 is 0 Å². The van der Waals surface area contributed by atoms with Gasteiger partial charge < -0.3 is 10.0 Å². The summed E-state index contributed by atoms with van der Waals surface area (Å²) in [4.78, 5) is 14.9. The Bertz CT molecular complexity index is 447. The summed E-state index contributed by atoms with van der Waals surface area (Å²) in [6.45, 7) is 1.87. The van der Waals surface area contributed by atoms with Crippen molar-refractivity contribution in [2.75, 3.05) is 19.7 Å². The molecule has 0 spiro atoms. The molecule has 1 unspecified atom stereocenters. The van der Waals surface area contributed by atoms with Crippen LogP contribution in [0.4, 0.5) is 0 Å². The first-order valence-corrected chi connectivity index (χ1v) is 7.74. The maximum atomic E-state index is 12.8. The van der Waals surface area contributed by atoms with Crippen molar-refractivity contribution in [2.45, 2.75) is 31.6 Å². The molecule has 1 amide bonds. The number of aliphatic hydroxyl groups excluding tert-OH is 1. The van der Waals surface area contributed by atoms with E-state index in [0.717, 1.165) is 25.9 Å². The number of aliphatic hydroxyl groups is 1. The second-order valence-electron chi connectivity index (χ2n) is 6.18. The fraction of sp³-hybridized carbons (Fsp3) is 0.588. The van der Waals surface area contributed by atoms with Crippen molar-refractivity contribution in [3.63, 3.8) is 0 Å². The number of carbonyl (C=O) groups excluding carboxylic acids is 1. The molecule has 1 saturated heterocycles. The van der Waals surface area contributed by atoms with Gasteiger partial charge in [0.25, 0.3) is 0 Å². The van der Waals surface area contributed by atoms with Gasteiger partial charge in [-0.2, -0.15) is 0 Å². The van der Waals surface area contributed by atoms with Crippen molar-refractivity contribution in [3.8, 4) is 0 Å². The van der Waals surface area contributed by atoms with E-state index in [0.29, 0.717) is 17.7 Å². The zero-order valence-electron chi connectivity index (χ0n) is 11.9. The minimum atomic E-state index is 0.0573. The van der Waals surface area contributed by atoms with Crippen molar-refractivity contribution in [3.05, 3.63) is 35.9 Å². The molecule has 20 heavy (non-hydrogen) atoms. The molecular weight excluding hydrogens is 250 g/mol. The van der Waals surface area contributed by atoms with Gasteiger partial charge >= 0.3 is 0 Å². The van der Waals surface area contributed by atoms with Crippen LogP contribution in [0.2, 0.25) is 0 Å². The standard InChI is InChI=1S/C17H23NO2/c19-12-13-8-10-18(11-9-13)17(20)16(15-6-7-15)14-4-2-1-3-5-14/h1-5,13,15-16,19H,6-12H2. The lowest BCUT2D eigenvalue weighted by molar-refractivity contribution is -0.135. The van der Waals surface area contributed by atoms with E-state index in [1.807, 2.05) is 23.1 Å². The number of hydrogen-bond donors (Lipinski definition) is 1. The smallest absolute Gasteiger partial charge is 0.230 e. The zero-order chi connectivity index (χ0) is 13.9. The largest absolute Gasteiger partial charge is 0.396 e. The monoisotopic (exact) mass is 273 g/mol. The van der Waals surface area contributed by atoms with E-state index in [-0.39, 0.29) is 12.5 Å². The third-order valence-corrected chi connectivity index (χ3v) is 4.70. The van der Waals surface area contributed by atoms with E-state index in [1.165, 1.54) is 18.4 Å². The summed E-state index contributed by atoms with van der Waals surface area (Å²) >= 11 is 0. The highest BCUT2D eigenvalue weighted by Gasteiger charge is 2.39. The van der Waals surface area contributed by atoms with E-state index in [1.54, 1.807) is 0 Å². The van der Waals surface area contributed by atoms with E-state index in [2.05, 4.69) is 12.1 Å². The average Bonchev–Trinajstić information content (AvgIpc) is 3.33. The molecule has 1 atom stereocenters. The fourth-order valence-corrected chi connectivity index (χ4v) is 3.24. The Morgan fingerprint density at radius 1 is 1.15 bits per heavy atom. The second kappa shape index (κ2) is 5.96. The number of nitrogens with zero attached hydrogens (tertiary/aromatic N) is 1. The summed E-state index contributed by atoms with van der Waals surface area (Å²) in [5.41, 5.74) is 1.17.